The van der Waals surface area contributed by atoms with Crippen LogP contribution in [-0.4, -0.2) is 26.0 Å². The Morgan fingerprint density at radius 1 is 1.00 bits per heavy atom. The first-order valence-corrected chi connectivity index (χ1v) is 3.88. The normalized spacial score (nSPS) is 10.7. The van der Waals surface area contributed by atoms with Crippen LogP contribution in [0.15, 0.2) is 24.3 Å². The predicted molar refractivity (Wildman–Crippen MR) is 53.9 cm³/mol. The van der Waals surface area contributed by atoms with Gasteiger partial charge in [-0.25, -0.2) is 0 Å². The molecule has 3 N–H and O–H groups in total. The lowest BCUT2D eigenvalue weighted by atomic mass is 10.4. The Bertz CT molecular complexity index is 207. The van der Waals surface area contributed by atoms with E-state index in [9.17, 15) is 0 Å². The van der Waals surface area contributed by atoms with Crippen molar-refractivity contribution in [3.05, 3.63) is 35.4 Å². The molecule has 2 rings (SSSR count). The van der Waals surface area contributed by atoms with E-state index in [-0.39, 0.29) is 6.15 Å². The molecule has 2 nitrogen and oxygen atoms in total. The molecule has 0 radical (unpaired) electrons. The van der Waals surface area contributed by atoms with Crippen LogP contribution in [0, 0.1) is 0 Å². The highest BCUT2D eigenvalue weighted by molar-refractivity contribution is 5.44. The quantitative estimate of drug-likeness (QED) is 0.649. The van der Waals surface area contributed by atoms with Gasteiger partial charge in [0.15, 0.2) is 0 Å². The van der Waals surface area contributed by atoms with Gasteiger partial charge in [-0.3, -0.25) is 0 Å². The number of fused-ring (bicyclic) bond motifs is 1. The molecule has 12 heavy (non-hydrogen) atoms. The summed E-state index contributed by atoms with van der Waals surface area (Å²) in [5, 5.41) is 0. The standard InChI is InChI=1S/C7H6.C3H9N.H3N/c1-2-4-7-5-6(7)3-1;1-4(2)3;/h1-4H,5H2;1-3H3;1H3. The van der Waals surface area contributed by atoms with Gasteiger partial charge in [0.25, 0.3) is 0 Å². The zero-order chi connectivity index (χ0) is 8.27. The average Bonchev–Trinajstić information content (AvgIpc) is 2.62. The minimum absolute atomic E-state index is 0. The van der Waals surface area contributed by atoms with Crippen molar-refractivity contribution < 1.29 is 0 Å². The fourth-order valence-electron chi connectivity index (χ4n) is 0.836. The van der Waals surface area contributed by atoms with Crippen LogP contribution in [0.4, 0.5) is 0 Å². The molecule has 0 amide bonds. The first-order valence-electron chi connectivity index (χ1n) is 3.88. The second-order valence-corrected chi connectivity index (χ2v) is 3.29. The Morgan fingerprint density at radius 3 is 1.58 bits per heavy atom. The molecule has 0 saturated heterocycles. The fraction of sp³-hybridized carbons (Fsp3) is 0.400. The molecule has 0 bridgehead atoms. The smallest absolute Gasteiger partial charge is 0.00201 e. The summed E-state index contributed by atoms with van der Waals surface area (Å²) in [5.74, 6) is 0. The van der Waals surface area contributed by atoms with Crippen molar-refractivity contribution in [2.24, 2.45) is 0 Å². The van der Waals surface area contributed by atoms with E-state index in [2.05, 4.69) is 24.3 Å². The summed E-state index contributed by atoms with van der Waals surface area (Å²) in [6.07, 6.45) is 1.24. The minimum atomic E-state index is 0. The van der Waals surface area contributed by atoms with E-state index in [0.717, 1.165) is 0 Å². The first-order chi connectivity index (χ1) is 5.20. The molecule has 0 heterocycles. The molecular weight excluding hydrogens is 148 g/mol. The molecule has 0 aromatic heterocycles. The van der Waals surface area contributed by atoms with E-state index in [4.69, 9.17) is 0 Å². The van der Waals surface area contributed by atoms with Gasteiger partial charge in [-0.2, -0.15) is 0 Å². The highest BCUT2D eigenvalue weighted by atomic mass is 15.0. The van der Waals surface area contributed by atoms with Crippen LogP contribution in [0.5, 0.6) is 0 Å². The molecule has 0 aliphatic heterocycles. The van der Waals surface area contributed by atoms with E-state index in [1.165, 1.54) is 17.5 Å². The Hall–Kier alpha value is -0.860. The lowest BCUT2D eigenvalue weighted by molar-refractivity contribution is 0.505. The van der Waals surface area contributed by atoms with Crippen molar-refractivity contribution in [1.82, 2.24) is 11.1 Å². The molecule has 0 unspecified atom stereocenters. The second kappa shape index (κ2) is 4.91. The van der Waals surface area contributed by atoms with E-state index in [1.54, 1.807) is 0 Å². The third-order valence-electron chi connectivity index (χ3n) is 1.37. The molecule has 68 valence electrons. The zero-order valence-corrected chi connectivity index (χ0v) is 8.17. The maximum absolute atomic E-state index is 2.18. The molecular formula is C10H18N2. The summed E-state index contributed by atoms with van der Waals surface area (Å²) >= 11 is 0. The van der Waals surface area contributed by atoms with Crippen molar-refractivity contribution in [1.29, 1.82) is 0 Å². The first kappa shape index (κ1) is 11.1. The molecule has 1 aliphatic carbocycles. The van der Waals surface area contributed by atoms with Crippen LogP contribution in [0.3, 0.4) is 0 Å². The van der Waals surface area contributed by atoms with Crippen molar-refractivity contribution in [2.75, 3.05) is 21.1 Å². The third kappa shape index (κ3) is 4.11. The van der Waals surface area contributed by atoms with Crippen molar-refractivity contribution in [3.8, 4) is 0 Å². The van der Waals surface area contributed by atoms with E-state index in [0.29, 0.717) is 0 Å². The van der Waals surface area contributed by atoms with Crippen molar-refractivity contribution in [3.63, 3.8) is 0 Å². The van der Waals surface area contributed by atoms with Crippen LogP contribution in [-0.2, 0) is 6.42 Å². The number of rotatable bonds is 0. The summed E-state index contributed by atoms with van der Waals surface area (Å²) in [4.78, 5) is 2.00. The molecule has 1 aromatic rings. The maximum atomic E-state index is 2.18. The molecule has 0 fully saturated rings. The topological polar surface area (TPSA) is 38.2 Å². The number of benzene rings is 1. The van der Waals surface area contributed by atoms with Gasteiger partial charge >= 0.3 is 0 Å². The van der Waals surface area contributed by atoms with E-state index in [1.807, 2.05) is 26.0 Å². The molecule has 2 heteroatoms. The minimum Gasteiger partial charge on any atom is -0.344 e. The predicted octanol–water partition coefficient (Wildman–Crippen LogP) is 1.93. The van der Waals surface area contributed by atoms with Crippen LogP contribution in [0.2, 0.25) is 0 Å². The highest BCUT2D eigenvalue weighted by Gasteiger charge is 2.12. The van der Waals surface area contributed by atoms with Gasteiger partial charge in [0.1, 0.15) is 0 Å². The van der Waals surface area contributed by atoms with Gasteiger partial charge in [-0.05, 0) is 38.7 Å². The Kier molecular flexibility index (Phi) is 4.55. The van der Waals surface area contributed by atoms with Crippen molar-refractivity contribution in [2.45, 2.75) is 6.42 Å². The van der Waals surface area contributed by atoms with Crippen LogP contribution in [0.25, 0.3) is 0 Å². The van der Waals surface area contributed by atoms with Gasteiger partial charge in [-0.1, -0.05) is 24.3 Å². The molecule has 1 aromatic carbocycles. The van der Waals surface area contributed by atoms with Gasteiger partial charge in [0, 0.05) is 0 Å². The largest absolute Gasteiger partial charge is 0.344 e. The fourth-order valence-corrected chi connectivity index (χ4v) is 0.836. The average molecular weight is 166 g/mol. The van der Waals surface area contributed by atoms with Gasteiger partial charge < -0.3 is 11.1 Å². The summed E-state index contributed by atoms with van der Waals surface area (Å²) in [6.45, 7) is 0. The van der Waals surface area contributed by atoms with Crippen LogP contribution >= 0.6 is 0 Å². The molecule has 1 aliphatic rings. The SMILES string of the molecule is CN(C)C.N.c1ccc2c(c1)C2. The van der Waals surface area contributed by atoms with Crippen molar-refractivity contribution >= 4 is 0 Å². The Morgan fingerprint density at radius 2 is 1.33 bits per heavy atom. The Labute approximate surface area is 74.8 Å². The number of hydrogen-bond donors (Lipinski definition) is 1. The summed E-state index contributed by atoms with van der Waals surface area (Å²) in [5.41, 5.74) is 3.06. The third-order valence-corrected chi connectivity index (χ3v) is 1.37. The van der Waals surface area contributed by atoms with Crippen LogP contribution < -0.4 is 6.15 Å². The van der Waals surface area contributed by atoms with Crippen LogP contribution in [0.1, 0.15) is 11.1 Å². The van der Waals surface area contributed by atoms with E-state index < -0.39 is 0 Å². The van der Waals surface area contributed by atoms with Gasteiger partial charge in [0.05, 0.1) is 0 Å². The highest BCUT2D eigenvalue weighted by Crippen LogP contribution is 2.25. The monoisotopic (exact) mass is 166 g/mol. The molecule has 0 saturated carbocycles. The number of hydrogen-bond acceptors (Lipinski definition) is 2. The zero-order valence-electron chi connectivity index (χ0n) is 8.17. The number of nitrogens with zero attached hydrogens (tertiary/aromatic N) is 1. The lowest BCUT2D eigenvalue weighted by Gasteiger charge is -1.90. The van der Waals surface area contributed by atoms with E-state index >= 15 is 0 Å². The Balaban J connectivity index is 0.000000217. The molecule has 0 atom stereocenters. The van der Waals surface area contributed by atoms with Gasteiger partial charge in [-0.15, -0.1) is 0 Å². The maximum Gasteiger partial charge on any atom is -0.00201 e. The summed E-state index contributed by atoms with van der Waals surface area (Å²) in [7, 11) is 6.00. The van der Waals surface area contributed by atoms with Gasteiger partial charge in [0.2, 0.25) is 0 Å². The summed E-state index contributed by atoms with van der Waals surface area (Å²) in [6, 6.07) is 8.53. The summed E-state index contributed by atoms with van der Waals surface area (Å²) < 4.78 is 0. The molecule has 0 spiro atoms. The second-order valence-electron chi connectivity index (χ2n) is 3.29. The lowest BCUT2D eigenvalue weighted by Crippen LogP contribution is -1.99.